The van der Waals surface area contributed by atoms with Crippen LogP contribution in [0.5, 0.6) is 5.75 Å². The van der Waals surface area contributed by atoms with Crippen LogP contribution >= 0.6 is 0 Å². The molecule has 0 saturated carbocycles. The first-order chi connectivity index (χ1) is 7.38. The molecule has 0 unspecified atom stereocenters. The standard InChI is InChI=1S/C8H9NO6S/c10-3-4-16(14,15)6-1-2-8(11)7(5-6)9(12)13/h1-2,5,10-11H,3-4H2. The molecular weight excluding hydrogens is 238 g/mol. The molecule has 0 fully saturated rings. The zero-order valence-electron chi connectivity index (χ0n) is 8.03. The third-order valence-corrected chi connectivity index (χ3v) is 3.55. The molecule has 16 heavy (non-hydrogen) atoms. The number of hydrogen-bond donors (Lipinski definition) is 2. The van der Waals surface area contributed by atoms with E-state index in [1.807, 2.05) is 0 Å². The van der Waals surface area contributed by atoms with Crippen LogP contribution in [0.4, 0.5) is 5.69 Å². The van der Waals surface area contributed by atoms with Crippen molar-refractivity contribution in [3.63, 3.8) is 0 Å². The lowest BCUT2D eigenvalue weighted by atomic mass is 10.3. The Balaban J connectivity index is 3.28. The molecule has 0 aliphatic heterocycles. The van der Waals surface area contributed by atoms with Gasteiger partial charge in [0.2, 0.25) is 0 Å². The van der Waals surface area contributed by atoms with Crippen LogP contribution < -0.4 is 0 Å². The molecule has 0 bridgehead atoms. The van der Waals surface area contributed by atoms with Crippen LogP contribution in [0.15, 0.2) is 23.1 Å². The topological polar surface area (TPSA) is 118 Å². The van der Waals surface area contributed by atoms with Gasteiger partial charge in [0.15, 0.2) is 15.6 Å². The number of aliphatic hydroxyl groups is 1. The Hall–Kier alpha value is -1.67. The molecule has 7 nitrogen and oxygen atoms in total. The predicted octanol–water partition coefficient (Wildman–Crippen LogP) is 0.0664. The monoisotopic (exact) mass is 247 g/mol. The number of nitro benzene ring substituents is 1. The van der Waals surface area contributed by atoms with Gasteiger partial charge in [-0.25, -0.2) is 8.42 Å². The lowest BCUT2D eigenvalue weighted by Gasteiger charge is -2.02. The lowest BCUT2D eigenvalue weighted by Crippen LogP contribution is -2.10. The number of phenols is 1. The summed E-state index contributed by atoms with van der Waals surface area (Å²) >= 11 is 0. The van der Waals surface area contributed by atoms with Crippen molar-refractivity contribution in [2.24, 2.45) is 0 Å². The maximum Gasteiger partial charge on any atom is 0.311 e. The summed E-state index contributed by atoms with van der Waals surface area (Å²) in [4.78, 5) is 9.28. The molecule has 0 amide bonds. The van der Waals surface area contributed by atoms with E-state index in [0.717, 1.165) is 18.2 Å². The van der Waals surface area contributed by atoms with Gasteiger partial charge in [-0.1, -0.05) is 0 Å². The second-order valence-electron chi connectivity index (χ2n) is 2.95. The Labute approximate surface area is 91.0 Å². The summed E-state index contributed by atoms with van der Waals surface area (Å²) in [5.41, 5.74) is -0.681. The van der Waals surface area contributed by atoms with Crippen LogP contribution in [0.3, 0.4) is 0 Å². The summed E-state index contributed by atoms with van der Waals surface area (Å²) in [6.07, 6.45) is 0. The highest BCUT2D eigenvalue weighted by atomic mass is 32.2. The predicted molar refractivity (Wildman–Crippen MR) is 53.9 cm³/mol. The van der Waals surface area contributed by atoms with E-state index in [1.54, 1.807) is 0 Å². The summed E-state index contributed by atoms with van der Waals surface area (Å²) in [5, 5.41) is 28.1. The van der Waals surface area contributed by atoms with E-state index in [-0.39, 0.29) is 4.90 Å². The first kappa shape index (κ1) is 12.4. The first-order valence-electron chi connectivity index (χ1n) is 4.19. The van der Waals surface area contributed by atoms with Crippen LogP contribution in [-0.4, -0.2) is 35.9 Å². The van der Waals surface area contributed by atoms with E-state index in [1.165, 1.54) is 0 Å². The SMILES string of the molecule is O=[N+]([O-])c1cc(S(=O)(=O)CCO)ccc1O. The highest BCUT2D eigenvalue weighted by Gasteiger charge is 2.20. The third kappa shape index (κ3) is 2.47. The van der Waals surface area contributed by atoms with Gasteiger partial charge in [-0.3, -0.25) is 10.1 Å². The Bertz CT molecular complexity index is 509. The normalized spacial score (nSPS) is 11.3. The first-order valence-corrected chi connectivity index (χ1v) is 5.85. The summed E-state index contributed by atoms with van der Waals surface area (Å²) in [7, 11) is -3.75. The molecule has 1 aromatic rings. The molecule has 0 aromatic heterocycles. The van der Waals surface area contributed by atoms with Crippen LogP contribution in [0, 0.1) is 10.1 Å². The van der Waals surface area contributed by atoms with Crippen molar-refractivity contribution in [3.05, 3.63) is 28.3 Å². The minimum atomic E-state index is -3.75. The Morgan fingerprint density at radius 2 is 2.00 bits per heavy atom. The molecule has 2 N–H and O–H groups in total. The van der Waals surface area contributed by atoms with Crippen molar-refractivity contribution in [1.82, 2.24) is 0 Å². The number of benzene rings is 1. The summed E-state index contributed by atoms with van der Waals surface area (Å²) < 4.78 is 22.9. The molecule has 88 valence electrons. The minimum Gasteiger partial charge on any atom is -0.502 e. The van der Waals surface area contributed by atoms with E-state index >= 15 is 0 Å². The van der Waals surface area contributed by atoms with Crippen molar-refractivity contribution in [1.29, 1.82) is 0 Å². The number of hydrogen-bond acceptors (Lipinski definition) is 6. The molecule has 0 aliphatic rings. The molecule has 8 heteroatoms. The van der Waals surface area contributed by atoms with E-state index in [9.17, 15) is 18.5 Å². The van der Waals surface area contributed by atoms with E-state index in [4.69, 9.17) is 10.2 Å². The average Bonchev–Trinajstić information content (AvgIpc) is 2.17. The van der Waals surface area contributed by atoms with Crippen LogP contribution in [-0.2, 0) is 9.84 Å². The third-order valence-electron chi connectivity index (χ3n) is 1.86. The fourth-order valence-corrected chi connectivity index (χ4v) is 2.12. The quantitative estimate of drug-likeness (QED) is 0.574. The zero-order chi connectivity index (χ0) is 12.3. The fourth-order valence-electron chi connectivity index (χ4n) is 1.08. The Morgan fingerprint density at radius 1 is 1.38 bits per heavy atom. The highest BCUT2D eigenvalue weighted by Crippen LogP contribution is 2.28. The largest absolute Gasteiger partial charge is 0.502 e. The molecular formula is C8H9NO6S. The van der Waals surface area contributed by atoms with E-state index in [0.29, 0.717) is 0 Å². The van der Waals surface area contributed by atoms with Gasteiger partial charge in [0.1, 0.15) is 0 Å². The second kappa shape index (κ2) is 4.45. The second-order valence-corrected chi connectivity index (χ2v) is 5.06. The van der Waals surface area contributed by atoms with Crippen molar-refractivity contribution in [3.8, 4) is 5.75 Å². The molecule has 0 spiro atoms. The number of phenolic OH excluding ortho intramolecular Hbond substituents is 1. The van der Waals surface area contributed by atoms with Crippen LogP contribution in [0.1, 0.15) is 0 Å². The van der Waals surface area contributed by atoms with Crippen molar-refractivity contribution >= 4 is 15.5 Å². The molecule has 0 saturated heterocycles. The lowest BCUT2D eigenvalue weighted by molar-refractivity contribution is -0.386. The van der Waals surface area contributed by atoms with Gasteiger partial charge in [-0.05, 0) is 12.1 Å². The van der Waals surface area contributed by atoms with Crippen molar-refractivity contribution in [2.45, 2.75) is 4.90 Å². The number of aliphatic hydroxyl groups excluding tert-OH is 1. The average molecular weight is 247 g/mol. The highest BCUT2D eigenvalue weighted by molar-refractivity contribution is 7.91. The number of nitrogens with zero attached hydrogens (tertiary/aromatic N) is 1. The molecule has 0 heterocycles. The van der Waals surface area contributed by atoms with Gasteiger partial charge >= 0.3 is 5.69 Å². The fraction of sp³-hybridized carbons (Fsp3) is 0.250. The summed E-state index contributed by atoms with van der Waals surface area (Å²) in [6.45, 7) is -0.572. The van der Waals surface area contributed by atoms with Gasteiger partial charge in [0.05, 0.1) is 22.2 Å². The van der Waals surface area contributed by atoms with Crippen LogP contribution in [0.2, 0.25) is 0 Å². The zero-order valence-corrected chi connectivity index (χ0v) is 8.85. The smallest absolute Gasteiger partial charge is 0.311 e. The molecule has 0 aliphatic carbocycles. The number of aromatic hydroxyl groups is 1. The van der Waals surface area contributed by atoms with E-state index < -0.39 is 38.6 Å². The van der Waals surface area contributed by atoms with Gasteiger partial charge in [0, 0.05) is 6.07 Å². The Kier molecular flexibility index (Phi) is 3.45. The Morgan fingerprint density at radius 3 is 2.50 bits per heavy atom. The molecule has 1 aromatic carbocycles. The molecule has 0 radical (unpaired) electrons. The summed E-state index contributed by atoms with van der Waals surface area (Å²) in [5.74, 6) is -1.12. The molecule has 0 atom stereocenters. The number of rotatable bonds is 4. The van der Waals surface area contributed by atoms with Gasteiger partial charge in [0.25, 0.3) is 0 Å². The maximum absolute atomic E-state index is 11.5. The van der Waals surface area contributed by atoms with E-state index in [2.05, 4.69) is 0 Å². The summed E-state index contributed by atoms with van der Waals surface area (Å²) in [6, 6.07) is 2.75. The van der Waals surface area contributed by atoms with Crippen molar-refractivity contribution < 1.29 is 23.6 Å². The maximum atomic E-state index is 11.5. The number of nitro groups is 1. The van der Waals surface area contributed by atoms with Gasteiger partial charge in [-0.15, -0.1) is 0 Å². The number of sulfone groups is 1. The minimum absolute atomic E-state index is 0.300. The van der Waals surface area contributed by atoms with Gasteiger partial charge < -0.3 is 10.2 Å². The molecule has 1 rings (SSSR count). The van der Waals surface area contributed by atoms with Crippen LogP contribution in [0.25, 0.3) is 0 Å². The van der Waals surface area contributed by atoms with Gasteiger partial charge in [-0.2, -0.15) is 0 Å². The van der Waals surface area contributed by atoms with Crippen molar-refractivity contribution in [2.75, 3.05) is 12.4 Å².